The number of piperidine rings is 1. The van der Waals surface area contributed by atoms with Crippen LogP contribution in [-0.4, -0.2) is 40.6 Å². The van der Waals surface area contributed by atoms with Crippen molar-refractivity contribution in [1.29, 1.82) is 0 Å². The van der Waals surface area contributed by atoms with Crippen LogP contribution in [0.4, 0.5) is 0 Å². The molecule has 5 heteroatoms. The van der Waals surface area contributed by atoms with Crippen LogP contribution in [0.3, 0.4) is 0 Å². The van der Waals surface area contributed by atoms with Gasteiger partial charge >= 0.3 is 0 Å². The van der Waals surface area contributed by atoms with Gasteiger partial charge in [-0.1, -0.05) is 13.8 Å². The van der Waals surface area contributed by atoms with Gasteiger partial charge in [0.1, 0.15) is 5.69 Å². The topological polar surface area (TPSA) is 75.0 Å². The number of likely N-dealkylation sites (tertiary alicyclic amines) is 1. The number of carbonyl (C=O) groups excluding carboxylic acids is 1. The number of H-pyrrole nitrogens is 1. The van der Waals surface area contributed by atoms with Crippen LogP contribution in [0.25, 0.3) is 0 Å². The molecular formula is C13H22N4O. The van der Waals surface area contributed by atoms with Crippen molar-refractivity contribution >= 4 is 5.91 Å². The van der Waals surface area contributed by atoms with E-state index >= 15 is 0 Å². The highest BCUT2D eigenvalue weighted by atomic mass is 16.1. The molecule has 0 unspecified atom stereocenters. The summed E-state index contributed by atoms with van der Waals surface area (Å²) in [5, 5.41) is 6.91. The standard InChI is InChI=1S/C13H22N4O/c1-9(2)7-17-5-3-4-10(8-17)11-6-12(13(14)18)16-15-11/h6,9-10H,3-5,7-8H2,1-2H3,(H2,14,18)(H,15,16)/t10-/m0/s1. The first-order chi connectivity index (χ1) is 8.56. The van der Waals surface area contributed by atoms with Gasteiger partial charge in [0.2, 0.25) is 0 Å². The first-order valence-corrected chi connectivity index (χ1v) is 6.63. The molecule has 0 radical (unpaired) electrons. The minimum Gasteiger partial charge on any atom is -0.364 e. The van der Waals surface area contributed by atoms with Crippen molar-refractivity contribution < 1.29 is 4.79 Å². The molecule has 0 spiro atoms. The summed E-state index contributed by atoms with van der Waals surface area (Å²) in [4.78, 5) is 13.5. The number of carbonyl (C=O) groups is 1. The summed E-state index contributed by atoms with van der Waals surface area (Å²) < 4.78 is 0. The largest absolute Gasteiger partial charge is 0.364 e. The zero-order valence-electron chi connectivity index (χ0n) is 11.1. The van der Waals surface area contributed by atoms with Gasteiger partial charge < -0.3 is 10.6 Å². The minimum absolute atomic E-state index is 0.339. The fourth-order valence-electron chi connectivity index (χ4n) is 2.66. The molecule has 0 aromatic carbocycles. The van der Waals surface area contributed by atoms with Crippen LogP contribution < -0.4 is 5.73 Å². The second kappa shape index (κ2) is 5.52. The van der Waals surface area contributed by atoms with Crippen LogP contribution in [-0.2, 0) is 0 Å². The van der Waals surface area contributed by atoms with E-state index < -0.39 is 5.91 Å². The van der Waals surface area contributed by atoms with Crippen LogP contribution in [0.1, 0.15) is 48.8 Å². The number of aromatic amines is 1. The van der Waals surface area contributed by atoms with Crippen LogP contribution in [0.15, 0.2) is 6.07 Å². The molecule has 0 aliphatic carbocycles. The lowest BCUT2D eigenvalue weighted by Gasteiger charge is -2.33. The predicted octanol–water partition coefficient (Wildman–Crippen LogP) is 1.34. The van der Waals surface area contributed by atoms with Crippen LogP contribution >= 0.6 is 0 Å². The molecule has 18 heavy (non-hydrogen) atoms. The summed E-state index contributed by atoms with van der Waals surface area (Å²) in [5.41, 5.74) is 6.60. The van der Waals surface area contributed by atoms with E-state index in [9.17, 15) is 4.79 Å². The lowest BCUT2D eigenvalue weighted by atomic mass is 9.94. The Kier molecular flexibility index (Phi) is 4.01. The first kappa shape index (κ1) is 13.1. The molecule has 1 atom stereocenters. The Balaban J connectivity index is 2.01. The predicted molar refractivity (Wildman–Crippen MR) is 70.4 cm³/mol. The van der Waals surface area contributed by atoms with Gasteiger partial charge in [-0.25, -0.2) is 0 Å². The summed E-state index contributed by atoms with van der Waals surface area (Å²) in [6, 6.07) is 1.80. The number of nitrogens with one attached hydrogen (secondary N) is 1. The molecule has 2 heterocycles. The first-order valence-electron chi connectivity index (χ1n) is 6.63. The average Bonchev–Trinajstić information content (AvgIpc) is 2.77. The molecule has 1 aliphatic heterocycles. The van der Waals surface area contributed by atoms with Crippen LogP contribution in [0.5, 0.6) is 0 Å². The highest BCUT2D eigenvalue weighted by molar-refractivity contribution is 5.90. The minimum atomic E-state index is -0.465. The van der Waals surface area contributed by atoms with E-state index in [1.54, 1.807) is 6.07 Å². The fourth-order valence-corrected chi connectivity index (χ4v) is 2.66. The molecule has 1 amide bonds. The van der Waals surface area contributed by atoms with Crippen molar-refractivity contribution in [3.63, 3.8) is 0 Å². The number of primary amides is 1. The fraction of sp³-hybridized carbons (Fsp3) is 0.692. The number of amides is 1. The molecule has 3 N–H and O–H groups in total. The third kappa shape index (κ3) is 3.10. The second-order valence-corrected chi connectivity index (χ2v) is 5.57. The number of hydrogen-bond acceptors (Lipinski definition) is 3. The normalized spacial score (nSPS) is 21.4. The maximum Gasteiger partial charge on any atom is 0.269 e. The number of aromatic nitrogens is 2. The van der Waals surface area contributed by atoms with E-state index in [0.717, 1.165) is 25.2 Å². The van der Waals surface area contributed by atoms with Gasteiger partial charge in [-0.15, -0.1) is 0 Å². The lowest BCUT2D eigenvalue weighted by Crippen LogP contribution is -2.36. The Morgan fingerprint density at radius 1 is 1.67 bits per heavy atom. The Hall–Kier alpha value is -1.36. The highest BCUT2D eigenvalue weighted by Gasteiger charge is 2.23. The van der Waals surface area contributed by atoms with Gasteiger partial charge in [0, 0.05) is 24.7 Å². The van der Waals surface area contributed by atoms with Crippen molar-refractivity contribution in [2.75, 3.05) is 19.6 Å². The molecule has 0 bridgehead atoms. The molecular weight excluding hydrogens is 228 g/mol. The SMILES string of the molecule is CC(C)CN1CCC[C@H](c2cc(C(N)=O)n[nH]2)C1. The molecule has 100 valence electrons. The zero-order valence-corrected chi connectivity index (χ0v) is 11.1. The van der Waals surface area contributed by atoms with E-state index in [1.165, 1.54) is 13.0 Å². The lowest BCUT2D eigenvalue weighted by molar-refractivity contribution is 0.0995. The van der Waals surface area contributed by atoms with Gasteiger partial charge in [-0.2, -0.15) is 5.10 Å². The molecule has 0 saturated carbocycles. The third-order valence-corrected chi connectivity index (χ3v) is 3.42. The number of rotatable bonds is 4. The third-order valence-electron chi connectivity index (χ3n) is 3.42. The second-order valence-electron chi connectivity index (χ2n) is 5.57. The van der Waals surface area contributed by atoms with E-state index in [0.29, 0.717) is 17.5 Å². The Bertz CT molecular complexity index is 413. The average molecular weight is 250 g/mol. The van der Waals surface area contributed by atoms with E-state index in [-0.39, 0.29) is 0 Å². The molecule has 1 fully saturated rings. The van der Waals surface area contributed by atoms with Gasteiger partial charge in [0.05, 0.1) is 0 Å². The molecule has 1 aliphatic rings. The molecule has 1 aromatic heterocycles. The van der Waals surface area contributed by atoms with E-state index in [4.69, 9.17) is 5.73 Å². The summed E-state index contributed by atoms with van der Waals surface area (Å²) >= 11 is 0. The van der Waals surface area contributed by atoms with Crippen molar-refractivity contribution in [1.82, 2.24) is 15.1 Å². The smallest absolute Gasteiger partial charge is 0.269 e. The highest BCUT2D eigenvalue weighted by Crippen LogP contribution is 2.26. The monoisotopic (exact) mass is 250 g/mol. The zero-order chi connectivity index (χ0) is 13.1. The molecule has 1 saturated heterocycles. The number of nitrogens with zero attached hydrogens (tertiary/aromatic N) is 2. The summed E-state index contributed by atoms with van der Waals surface area (Å²) in [7, 11) is 0. The van der Waals surface area contributed by atoms with E-state index in [2.05, 4.69) is 28.9 Å². The maximum absolute atomic E-state index is 11.0. The van der Waals surface area contributed by atoms with Gasteiger partial charge in [0.15, 0.2) is 0 Å². The van der Waals surface area contributed by atoms with Crippen molar-refractivity contribution in [2.24, 2.45) is 11.7 Å². The number of hydrogen-bond donors (Lipinski definition) is 2. The van der Waals surface area contributed by atoms with Crippen molar-refractivity contribution in [3.05, 3.63) is 17.5 Å². The van der Waals surface area contributed by atoms with Gasteiger partial charge in [-0.3, -0.25) is 9.89 Å². The van der Waals surface area contributed by atoms with E-state index in [1.807, 2.05) is 0 Å². The maximum atomic E-state index is 11.0. The van der Waals surface area contributed by atoms with Crippen molar-refractivity contribution in [3.8, 4) is 0 Å². The van der Waals surface area contributed by atoms with Gasteiger partial charge in [0.25, 0.3) is 5.91 Å². The summed E-state index contributed by atoms with van der Waals surface area (Å²) in [5.74, 6) is 0.664. The molecule has 5 nitrogen and oxygen atoms in total. The summed E-state index contributed by atoms with van der Waals surface area (Å²) in [6.45, 7) is 7.83. The van der Waals surface area contributed by atoms with Gasteiger partial charge in [-0.05, 0) is 31.4 Å². The Labute approximate surface area is 108 Å². The quantitative estimate of drug-likeness (QED) is 0.847. The Morgan fingerprint density at radius 2 is 2.44 bits per heavy atom. The van der Waals surface area contributed by atoms with Crippen molar-refractivity contribution in [2.45, 2.75) is 32.6 Å². The summed E-state index contributed by atoms with van der Waals surface area (Å²) in [6.07, 6.45) is 2.34. The Morgan fingerprint density at radius 3 is 3.06 bits per heavy atom. The van der Waals surface area contributed by atoms with Crippen LogP contribution in [0, 0.1) is 5.92 Å². The van der Waals surface area contributed by atoms with Crippen LogP contribution in [0.2, 0.25) is 0 Å². The molecule has 1 aromatic rings. The molecule has 2 rings (SSSR count). The number of nitrogens with two attached hydrogens (primary N) is 1.